The fourth-order valence-corrected chi connectivity index (χ4v) is 3.08. The van der Waals surface area contributed by atoms with E-state index >= 15 is 0 Å². The van der Waals surface area contributed by atoms with Crippen LogP contribution in [-0.4, -0.2) is 18.4 Å². The van der Waals surface area contributed by atoms with Gasteiger partial charge in [0.2, 0.25) is 11.8 Å². The molecule has 0 aliphatic carbocycles. The van der Waals surface area contributed by atoms with Crippen molar-refractivity contribution >= 4 is 33.4 Å². The second kappa shape index (κ2) is 8.64. The topological polar surface area (TPSA) is 49.4 Å². The molecule has 2 amide bonds. The quantitative estimate of drug-likeness (QED) is 0.817. The molecule has 2 rings (SSSR count). The highest BCUT2D eigenvalue weighted by Gasteiger charge is 2.16. The number of hydrogen-bond acceptors (Lipinski definition) is 2. The predicted molar refractivity (Wildman–Crippen MR) is 99.8 cm³/mol. The molecule has 0 aliphatic heterocycles. The molecule has 0 bridgehead atoms. The molecular weight excluding hydrogens is 368 g/mol. The first-order chi connectivity index (χ1) is 11.5. The number of benzene rings is 2. The van der Waals surface area contributed by atoms with Crippen LogP contribution in [0.3, 0.4) is 0 Å². The minimum Gasteiger partial charge on any atom is -0.352 e. The molecule has 2 aromatic carbocycles. The highest BCUT2D eigenvalue weighted by Crippen LogP contribution is 2.27. The summed E-state index contributed by atoms with van der Waals surface area (Å²) < 4.78 is 0.849. The van der Waals surface area contributed by atoms with E-state index in [1.54, 1.807) is 4.90 Å². The van der Waals surface area contributed by atoms with Gasteiger partial charge in [-0.2, -0.15) is 0 Å². The molecule has 24 heavy (non-hydrogen) atoms. The van der Waals surface area contributed by atoms with Gasteiger partial charge in [0.1, 0.15) is 0 Å². The second-order valence-electron chi connectivity index (χ2n) is 5.64. The number of carbonyl (C=O) groups is 2. The van der Waals surface area contributed by atoms with Crippen LogP contribution in [0.15, 0.2) is 53.0 Å². The lowest BCUT2D eigenvalue weighted by atomic mass is 10.2. The molecule has 0 fully saturated rings. The first-order valence-electron chi connectivity index (χ1n) is 7.82. The molecule has 0 aliphatic rings. The van der Waals surface area contributed by atoms with Gasteiger partial charge >= 0.3 is 0 Å². The van der Waals surface area contributed by atoms with Crippen molar-refractivity contribution in [1.82, 2.24) is 5.32 Å². The molecule has 0 heterocycles. The Morgan fingerprint density at radius 1 is 1.12 bits per heavy atom. The fourth-order valence-electron chi connectivity index (χ4n) is 2.38. The Morgan fingerprint density at radius 2 is 1.83 bits per heavy atom. The normalized spacial score (nSPS) is 10.3. The van der Waals surface area contributed by atoms with Crippen LogP contribution in [0.2, 0.25) is 0 Å². The van der Waals surface area contributed by atoms with Gasteiger partial charge in [-0.3, -0.25) is 9.59 Å². The van der Waals surface area contributed by atoms with Crippen molar-refractivity contribution in [2.75, 3.05) is 11.4 Å². The molecule has 5 heteroatoms. The maximum atomic E-state index is 12.1. The summed E-state index contributed by atoms with van der Waals surface area (Å²) in [4.78, 5) is 25.6. The maximum absolute atomic E-state index is 12.1. The van der Waals surface area contributed by atoms with Crippen LogP contribution >= 0.6 is 15.9 Å². The molecule has 0 spiro atoms. The maximum Gasteiger partial charge on any atom is 0.223 e. The van der Waals surface area contributed by atoms with Gasteiger partial charge in [0.15, 0.2) is 0 Å². The fraction of sp³-hybridized carbons (Fsp3) is 0.263. The van der Waals surface area contributed by atoms with E-state index in [0.717, 1.165) is 21.3 Å². The number of nitrogens with zero attached hydrogens (tertiary/aromatic N) is 1. The van der Waals surface area contributed by atoms with Crippen molar-refractivity contribution in [3.63, 3.8) is 0 Å². The van der Waals surface area contributed by atoms with Crippen LogP contribution < -0.4 is 10.2 Å². The van der Waals surface area contributed by atoms with E-state index in [9.17, 15) is 9.59 Å². The number of hydrogen-bond donors (Lipinski definition) is 1. The molecule has 0 radical (unpaired) electrons. The zero-order valence-corrected chi connectivity index (χ0v) is 15.5. The van der Waals surface area contributed by atoms with Crippen molar-refractivity contribution in [3.05, 3.63) is 64.1 Å². The van der Waals surface area contributed by atoms with Crippen LogP contribution in [0, 0.1) is 6.92 Å². The van der Waals surface area contributed by atoms with Crippen LogP contribution in [0.4, 0.5) is 5.69 Å². The minimum atomic E-state index is -0.0876. The SMILES string of the molecule is CC(=O)N(CCC(=O)NCc1ccccc1)c1ccc(C)cc1Br. The number of amides is 2. The van der Waals surface area contributed by atoms with E-state index in [1.807, 2.05) is 55.5 Å². The van der Waals surface area contributed by atoms with Crippen molar-refractivity contribution in [2.45, 2.75) is 26.8 Å². The lowest BCUT2D eigenvalue weighted by Gasteiger charge is -2.22. The monoisotopic (exact) mass is 388 g/mol. The van der Waals surface area contributed by atoms with Crippen LogP contribution in [0.25, 0.3) is 0 Å². The number of rotatable bonds is 6. The number of carbonyl (C=O) groups excluding carboxylic acids is 2. The van der Waals surface area contributed by atoms with Crippen molar-refractivity contribution in [3.8, 4) is 0 Å². The van der Waals surface area contributed by atoms with Crippen molar-refractivity contribution < 1.29 is 9.59 Å². The zero-order valence-electron chi connectivity index (χ0n) is 13.9. The molecule has 0 unspecified atom stereocenters. The van der Waals surface area contributed by atoms with Crippen LogP contribution in [0.1, 0.15) is 24.5 Å². The van der Waals surface area contributed by atoms with Crippen LogP contribution in [0.5, 0.6) is 0 Å². The zero-order chi connectivity index (χ0) is 17.5. The number of nitrogens with one attached hydrogen (secondary N) is 1. The van der Waals surface area contributed by atoms with Crippen LogP contribution in [-0.2, 0) is 16.1 Å². The van der Waals surface area contributed by atoms with E-state index in [-0.39, 0.29) is 18.2 Å². The predicted octanol–water partition coefficient (Wildman–Crippen LogP) is 3.82. The Balaban J connectivity index is 1.94. The second-order valence-corrected chi connectivity index (χ2v) is 6.49. The average molecular weight is 389 g/mol. The Bertz CT molecular complexity index is 717. The summed E-state index contributed by atoms with van der Waals surface area (Å²) in [7, 11) is 0. The van der Waals surface area contributed by atoms with Gasteiger partial charge in [-0.1, -0.05) is 36.4 Å². The first-order valence-corrected chi connectivity index (χ1v) is 8.61. The Kier molecular flexibility index (Phi) is 6.55. The van der Waals surface area contributed by atoms with E-state index < -0.39 is 0 Å². The third kappa shape index (κ3) is 5.20. The molecule has 0 saturated heterocycles. The molecule has 0 saturated carbocycles. The molecule has 126 valence electrons. The molecule has 1 N–H and O–H groups in total. The Labute approximate surface area is 151 Å². The summed E-state index contributed by atoms with van der Waals surface area (Å²) in [6.07, 6.45) is 0.257. The standard InChI is InChI=1S/C19H21BrN2O2/c1-14-8-9-18(17(20)12-14)22(15(2)23)11-10-19(24)21-13-16-6-4-3-5-7-16/h3-9,12H,10-11,13H2,1-2H3,(H,21,24). The van der Waals surface area contributed by atoms with E-state index in [0.29, 0.717) is 13.1 Å². The highest BCUT2D eigenvalue weighted by atomic mass is 79.9. The lowest BCUT2D eigenvalue weighted by Crippen LogP contribution is -2.34. The largest absolute Gasteiger partial charge is 0.352 e. The van der Waals surface area contributed by atoms with Gasteiger partial charge in [0.25, 0.3) is 0 Å². The van der Waals surface area contributed by atoms with E-state index in [2.05, 4.69) is 21.2 Å². The van der Waals surface area contributed by atoms with Gasteiger partial charge in [-0.05, 0) is 46.1 Å². The summed E-state index contributed by atoms with van der Waals surface area (Å²) in [6.45, 7) is 4.34. The summed E-state index contributed by atoms with van der Waals surface area (Å²) in [5.74, 6) is -0.163. The summed E-state index contributed by atoms with van der Waals surface area (Å²) in [5.41, 5.74) is 2.94. The number of halogens is 1. The third-order valence-electron chi connectivity index (χ3n) is 3.67. The van der Waals surface area contributed by atoms with Crippen molar-refractivity contribution in [1.29, 1.82) is 0 Å². The molecule has 4 nitrogen and oxygen atoms in total. The minimum absolute atomic E-state index is 0.0756. The lowest BCUT2D eigenvalue weighted by molar-refractivity contribution is -0.121. The van der Waals surface area contributed by atoms with Gasteiger partial charge in [-0.15, -0.1) is 0 Å². The summed E-state index contributed by atoms with van der Waals surface area (Å²) in [6, 6.07) is 15.5. The van der Waals surface area contributed by atoms with Gasteiger partial charge in [0.05, 0.1) is 5.69 Å². The molecule has 0 aromatic heterocycles. The average Bonchev–Trinajstić information content (AvgIpc) is 2.55. The number of aryl methyl sites for hydroxylation is 1. The third-order valence-corrected chi connectivity index (χ3v) is 4.30. The summed E-state index contributed by atoms with van der Waals surface area (Å²) >= 11 is 3.49. The smallest absolute Gasteiger partial charge is 0.223 e. The van der Waals surface area contributed by atoms with E-state index in [1.165, 1.54) is 6.92 Å². The van der Waals surface area contributed by atoms with Gasteiger partial charge < -0.3 is 10.2 Å². The highest BCUT2D eigenvalue weighted by molar-refractivity contribution is 9.10. The Hall–Kier alpha value is -2.14. The molecule has 0 atom stereocenters. The molecular formula is C19H21BrN2O2. The van der Waals surface area contributed by atoms with E-state index in [4.69, 9.17) is 0 Å². The van der Waals surface area contributed by atoms with Gasteiger partial charge in [-0.25, -0.2) is 0 Å². The first kappa shape index (κ1) is 18.2. The summed E-state index contributed by atoms with van der Waals surface area (Å²) in [5, 5.41) is 2.88. The molecule has 2 aromatic rings. The Morgan fingerprint density at radius 3 is 2.46 bits per heavy atom. The van der Waals surface area contributed by atoms with Crippen molar-refractivity contribution in [2.24, 2.45) is 0 Å². The number of anilines is 1. The van der Waals surface area contributed by atoms with Gasteiger partial charge in [0, 0.05) is 30.9 Å².